The molecule has 1 N–H and O–H groups in total. The van der Waals surface area contributed by atoms with E-state index in [4.69, 9.17) is 4.74 Å². The molecule has 136 valence electrons. The maximum Gasteiger partial charge on any atom is 0.214 e. The van der Waals surface area contributed by atoms with Gasteiger partial charge in [-0.05, 0) is 59.7 Å². The summed E-state index contributed by atoms with van der Waals surface area (Å²) in [6.45, 7) is 4.11. The Bertz CT molecular complexity index is 850. The molecule has 6 nitrogen and oxygen atoms in total. The van der Waals surface area contributed by atoms with Gasteiger partial charge in [-0.25, -0.2) is 4.39 Å². The third-order valence-electron chi connectivity index (χ3n) is 3.75. The number of aromatic nitrogens is 4. The predicted molar refractivity (Wildman–Crippen MR) is 97.3 cm³/mol. The first-order valence-electron chi connectivity index (χ1n) is 8.09. The second-order valence-electron chi connectivity index (χ2n) is 5.84. The van der Waals surface area contributed by atoms with Crippen molar-refractivity contribution in [3.05, 3.63) is 59.4 Å². The van der Waals surface area contributed by atoms with Gasteiger partial charge in [-0.1, -0.05) is 30.0 Å². The molecule has 1 atom stereocenters. The maximum absolute atomic E-state index is 12.9. The van der Waals surface area contributed by atoms with Crippen LogP contribution in [0, 0.1) is 19.7 Å². The fourth-order valence-electron chi connectivity index (χ4n) is 2.49. The monoisotopic (exact) mass is 374 g/mol. The Hall–Kier alpha value is -2.45. The second kappa shape index (κ2) is 8.29. The van der Waals surface area contributed by atoms with Crippen LogP contribution in [0.1, 0.15) is 11.1 Å². The summed E-state index contributed by atoms with van der Waals surface area (Å²) in [5.74, 6) is 0.551. The van der Waals surface area contributed by atoms with Crippen molar-refractivity contribution in [1.29, 1.82) is 0 Å². The van der Waals surface area contributed by atoms with Gasteiger partial charge < -0.3 is 9.84 Å². The van der Waals surface area contributed by atoms with E-state index >= 15 is 0 Å². The molecule has 26 heavy (non-hydrogen) atoms. The molecule has 0 aliphatic rings. The average molecular weight is 374 g/mol. The van der Waals surface area contributed by atoms with Gasteiger partial charge in [-0.2, -0.15) is 4.68 Å². The largest absolute Gasteiger partial charge is 0.491 e. The van der Waals surface area contributed by atoms with Gasteiger partial charge in [0.05, 0.1) is 11.8 Å². The third kappa shape index (κ3) is 4.39. The van der Waals surface area contributed by atoms with Crippen molar-refractivity contribution in [3.63, 3.8) is 0 Å². The molecule has 3 aromatic rings. The zero-order chi connectivity index (χ0) is 18.5. The summed E-state index contributed by atoms with van der Waals surface area (Å²) in [6, 6.07) is 11.7. The van der Waals surface area contributed by atoms with Gasteiger partial charge in [0.2, 0.25) is 5.16 Å². The Morgan fingerprint density at radius 3 is 2.54 bits per heavy atom. The van der Waals surface area contributed by atoms with Crippen molar-refractivity contribution in [2.45, 2.75) is 25.1 Å². The van der Waals surface area contributed by atoms with Gasteiger partial charge >= 0.3 is 0 Å². The molecular formula is C18H19FN4O2S. The minimum atomic E-state index is -0.715. The molecular weight excluding hydrogens is 355 g/mol. The highest BCUT2D eigenvalue weighted by atomic mass is 32.2. The van der Waals surface area contributed by atoms with E-state index < -0.39 is 6.10 Å². The normalized spacial score (nSPS) is 12.2. The average Bonchev–Trinajstić information content (AvgIpc) is 3.07. The minimum absolute atomic E-state index is 0.101. The Balaban J connectivity index is 1.60. The van der Waals surface area contributed by atoms with Gasteiger partial charge in [-0.3, -0.25) is 0 Å². The summed E-state index contributed by atoms with van der Waals surface area (Å²) in [5.41, 5.74) is 3.08. The van der Waals surface area contributed by atoms with Crippen LogP contribution < -0.4 is 4.74 Å². The first-order chi connectivity index (χ1) is 12.5. The molecule has 3 rings (SSSR count). The summed E-state index contributed by atoms with van der Waals surface area (Å²) >= 11 is 1.35. The van der Waals surface area contributed by atoms with Crippen LogP contribution in [0.15, 0.2) is 47.6 Å². The predicted octanol–water partition coefficient (Wildman–Crippen LogP) is 2.95. The molecule has 0 radical (unpaired) electrons. The van der Waals surface area contributed by atoms with Crippen LogP contribution in [0.4, 0.5) is 4.39 Å². The lowest BCUT2D eigenvalue weighted by Gasteiger charge is -2.13. The van der Waals surface area contributed by atoms with Crippen molar-refractivity contribution in [2.75, 3.05) is 12.4 Å². The molecule has 0 bridgehead atoms. The lowest BCUT2D eigenvalue weighted by molar-refractivity contribution is 0.126. The zero-order valence-electron chi connectivity index (χ0n) is 14.5. The van der Waals surface area contributed by atoms with Gasteiger partial charge in [0.1, 0.15) is 18.2 Å². The van der Waals surface area contributed by atoms with Crippen molar-refractivity contribution in [3.8, 4) is 11.4 Å². The Kier molecular flexibility index (Phi) is 5.85. The number of hydrogen-bond donors (Lipinski definition) is 1. The van der Waals surface area contributed by atoms with E-state index in [0.717, 1.165) is 16.8 Å². The number of ether oxygens (including phenoxy) is 1. The van der Waals surface area contributed by atoms with E-state index in [-0.39, 0.29) is 12.4 Å². The summed E-state index contributed by atoms with van der Waals surface area (Å²) in [7, 11) is 0. The SMILES string of the molecule is Cc1cccc(C)c1-n1nnnc1SCC(O)COc1ccc(F)cc1. The third-order valence-corrected chi connectivity index (χ3v) is 4.82. The van der Waals surface area contributed by atoms with Crippen molar-refractivity contribution >= 4 is 11.8 Å². The number of rotatable bonds is 7. The second-order valence-corrected chi connectivity index (χ2v) is 6.83. The molecule has 1 aromatic heterocycles. The number of benzene rings is 2. The van der Waals surface area contributed by atoms with Crippen LogP contribution in [0.25, 0.3) is 5.69 Å². The number of halogens is 1. The van der Waals surface area contributed by atoms with E-state index in [9.17, 15) is 9.50 Å². The van der Waals surface area contributed by atoms with E-state index in [2.05, 4.69) is 15.5 Å². The zero-order valence-corrected chi connectivity index (χ0v) is 15.3. The minimum Gasteiger partial charge on any atom is -0.491 e. The Morgan fingerprint density at radius 2 is 1.85 bits per heavy atom. The lowest BCUT2D eigenvalue weighted by atomic mass is 10.1. The van der Waals surface area contributed by atoms with E-state index in [1.165, 1.54) is 36.0 Å². The summed E-state index contributed by atoms with van der Waals surface area (Å²) < 4.78 is 20.0. The number of thioether (sulfide) groups is 1. The van der Waals surface area contributed by atoms with Gasteiger partial charge in [-0.15, -0.1) is 5.10 Å². The highest BCUT2D eigenvalue weighted by molar-refractivity contribution is 7.99. The number of aliphatic hydroxyl groups excluding tert-OH is 1. The summed E-state index contributed by atoms with van der Waals surface area (Å²) in [5, 5.41) is 22.6. The number of aliphatic hydroxyl groups is 1. The van der Waals surface area contributed by atoms with Gasteiger partial charge in [0.25, 0.3) is 0 Å². The smallest absolute Gasteiger partial charge is 0.214 e. The van der Waals surface area contributed by atoms with Crippen LogP contribution in [0.5, 0.6) is 5.75 Å². The van der Waals surface area contributed by atoms with Crippen LogP contribution >= 0.6 is 11.8 Å². The molecule has 1 unspecified atom stereocenters. The van der Waals surface area contributed by atoms with Crippen molar-refractivity contribution in [2.24, 2.45) is 0 Å². The standard InChI is InChI=1S/C18H19FN4O2S/c1-12-4-3-5-13(2)17(12)23-18(20-21-22-23)26-11-15(24)10-25-16-8-6-14(19)7-9-16/h3-9,15,24H,10-11H2,1-2H3. The highest BCUT2D eigenvalue weighted by Crippen LogP contribution is 2.24. The van der Waals surface area contributed by atoms with Gasteiger partial charge in [0.15, 0.2) is 0 Å². The van der Waals surface area contributed by atoms with E-state index in [0.29, 0.717) is 16.7 Å². The fourth-order valence-corrected chi connectivity index (χ4v) is 3.27. The first-order valence-corrected chi connectivity index (χ1v) is 9.07. The highest BCUT2D eigenvalue weighted by Gasteiger charge is 2.15. The number of hydrogen-bond acceptors (Lipinski definition) is 6. The number of aryl methyl sites for hydroxylation is 2. The topological polar surface area (TPSA) is 73.1 Å². The number of para-hydroxylation sites is 1. The molecule has 0 saturated carbocycles. The Labute approximate surface area is 155 Å². The molecule has 8 heteroatoms. The molecule has 0 saturated heterocycles. The van der Waals surface area contributed by atoms with Crippen LogP contribution in [-0.4, -0.2) is 43.8 Å². The van der Waals surface area contributed by atoms with Crippen molar-refractivity contribution < 1.29 is 14.2 Å². The van der Waals surface area contributed by atoms with E-state index in [1.807, 2.05) is 32.0 Å². The fraction of sp³-hybridized carbons (Fsp3) is 0.278. The van der Waals surface area contributed by atoms with E-state index in [1.54, 1.807) is 4.68 Å². The summed E-state index contributed by atoms with van der Waals surface area (Å²) in [6.07, 6.45) is -0.715. The lowest BCUT2D eigenvalue weighted by Crippen LogP contribution is -2.20. The molecule has 0 fully saturated rings. The quantitative estimate of drug-likeness (QED) is 0.641. The Morgan fingerprint density at radius 1 is 1.15 bits per heavy atom. The van der Waals surface area contributed by atoms with Crippen LogP contribution in [0.2, 0.25) is 0 Å². The number of tetrazole rings is 1. The molecule has 2 aromatic carbocycles. The number of nitrogens with zero attached hydrogens (tertiary/aromatic N) is 4. The molecule has 0 aliphatic heterocycles. The summed E-state index contributed by atoms with van der Waals surface area (Å²) in [4.78, 5) is 0. The van der Waals surface area contributed by atoms with Gasteiger partial charge in [0, 0.05) is 5.75 Å². The maximum atomic E-state index is 12.9. The molecule has 0 spiro atoms. The van der Waals surface area contributed by atoms with Crippen molar-refractivity contribution in [1.82, 2.24) is 20.2 Å². The molecule has 0 amide bonds. The van der Waals surface area contributed by atoms with Crippen LogP contribution in [-0.2, 0) is 0 Å². The molecule has 0 aliphatic carbocycles. The van der Waals surface area contributed by atoms with Crippen LogP contribution in [0.3, 0.4) is 0 Å². The molecule has 1 heterocycles. The first kappa shape index (κ1) is 18.3.